The summed E-state index contributed by atoms with van der Waals surface area (Å²) < 4.78 is 5.45. The van der Waals surface area contributed by atoms with Crippen LogP contribution in [0.5, 0.6) is 0 Å². The molecule has 6 nitrogen and oxygen atoms in total. The standard InChI is InChI=1S/C31H32Cl2N4O2/c1-20(22-7-5-6-21(13-22)17-34)12-24-18-35-19-28(23-14-25(32)16-26(33)15-23)29(24)37-10-8-27(9-11-37)36-30(38)39-31(2,3)4/h5-7,12-16,18-19,27H,8-11H2,1-4H3,(H,36,38). The summed E-state index contributed by atoms with van der Waals surface area (Å²) >= 11 is 12.8. The SMILES string of the molecule is CC(=Cc1cncc(-c2cc(Cl)cc(Cl)c2)c1N1CCC(NC(=O)OC(C)(C)C)CC1)c1cccc(C#N)c1. The molecule has 1 aliphatic heterocycles. The summed E-state index contributed by atoms with van der Waals surface area (Å²) in [5, 5.41) is 13.5. The molecule has 2 aromatic carbocycles. The highest BCUT2D eigenvalue weighted by atomic mass is 35.5. The van der Waals surface area contributed by atoms with Crippen molar-refractivity contribution in [3.05, 3.63) is 81.6 Å². The first-order valence-electron chi connectivity index (χ1n) is 12.9. The topological polar surface area (TPSA) is 78.2 Å². The molecule has 0 radical (unpaired) electrons. The van der Waals surface area contributed by atoms with Gasteiger partial charge < -0.3 is 15.0 Å². The monoisotopic (exact) mass is 562 g/mol. The van der Waals surface area contributed by atoms with Gasteiger partial charge >= 0.3 is 6.09 Å². The third-order valence-electron chi connectivity index (χ3n) is 6.47. The lowest BCUT2D eigenvalue weighted by molar-refractivity contribution is 0.0497. The van der Waals surface area contributed by atoms with E-state index in [1.54, 1.807) is 12.1 Å². The maximum absolute atomic E-state index is 12.3. The minimum Gasteiger partial charge on any atom is -0.444 e. The van der Waals surface area contributed by atoms with Gasteiger partial charge in [-0.1, -0.05) is 35.3 Å². The number of nitrogens with one attached hydrogen (secondary N) is 1. The van der Waals surface area contributed by atoms with Crippen molar-refractivity contribution in [3.8, 4) is 17.2 Å². The van der Waals surface area contributed by atoms with Crippen molar-refractivity contribution < 1.29 is 9.53 Å². The van der Waals surface area contributed by atoms with Crippen molar-refractivity contribution in [2.24, 2.45) is 0 Å². The summed E-state index contributed by atoms with van der Waals surface area (Å²) in [4.78, 5) is 19.2. The summed E-state index contributed by atoms with van der Waals surface area (Å²) in [6, 6.07) is 15.3. The first-order valence-corrected chi connectivity index (χ1v) is 13.7. The Bertz CT molecular complexity index is 1410. The molecule has 8 heteroatoms. The number of hydrogen-bond acceptors (Lipinski definition) is 5. The zero-order chi connectivity index (χ0) is 28.2. The number of anilines is 1. The fourth-order valence-corrected chi connectivity index (χ4v) is 5.25. The van der Waals surface area contributed by atoms with Gasteiger partial charge in [0.2, 0.25) is 0 Å². The van der Waals surface area contributed by atoms with E-state index in [0.29, 0.717) is 15.6 Å². The first kappa shape index (κ1) is 28.5. The van der Waals surface area contributed by atoms with Crippen molar-refractivity contribution in [3.63, 3.8) is 0 Å². The van der Waals surface area contributed by atoms with Crippen LogP contribution in [0.15, 0.2) is 54.9 Å². The largest absolute Gasteiger partial charge is 0.444 e. The highest BCUT2D eigenvalue weighted by molar-refractivity contribution is 6.35. The number of piperidine rings is 1. The van der Waals surface area contributed by atoms with E-state index in [1.165, 1.54) is 0 Å². The van der Waals surface area contributed by atoms with E-state index in [0.717, 1.165) is 59.4 Å². The van der Waals surface area contributed by atoms with Crippen molar-refractivity contribution in [2.45, 2.75) is 52.2 Å². The Hall–Kier alpha value is -3.53. The van der Waals surface area contributed by atoms with Crippen LogP contribution in [0.3, 0.4) is 0 Å². The lowest BCUT2D eigenvalue weighted by Crippen LogP contribution is -2.46. The summed E-state index contributed by atoms with van der Waals surface area (Å²) in [7, 11) is 0. The Labute approximate surface area is 240 Å². The third kappa shape index (κ3) is 7.53. The molecule has 0 saturated carbocycles. The third-order valence-corrected chi connectivity index (χ3v) is 6.91. The molecule has 1 N–H and O–H groups in total. The number of amides is 1. The molecule has 2 heterocycles. The molecule has 3 aromatic rings. The van der Waals surface area contributed by atoms with E-state index < -0.39 is 11.7 Å². The number of nitriles is 1. The summed E-state index contributed by atoms with van der Waals surface area (Å²) in [6.45, 7) is 9.06. The Morgan fingerprint density at radius 3 is 2.46 bits per heavy atom. The molecule has 4 rings (SSSR count). The summed E-state index contributed by atoms with van der Waals surface area (Å²) in [6.07, 6.45) is 6.93. The Kier molecular flexibility index (Phi) is 8.84. The van der Waals surface area contributed by atoms with E-state index >= 15 is 0 Å². The number of carbonyl (C=O) groups is 1. The van der Waals surface area contributed by atoms with E-state index in [2.05, 4.69) is 27.3 Å². The zero-order valence-electron chi connectivity index (χ0n) is 22.6. The number of hydrogen-bond donors (Lipinski definition) is 1. The second-order valence-corrected chi connectivity index (χ2v) is 11.6. The Morgan fingerprint density at radius 1 is 1.13 bits per heavy atom. The Morgan fingerprint density at radius 2 is 1.82 bits per heavy atom. The highest BCUT2D eigenvalue weighted by Crippen LogP contribution is 2.38. The molecule has 0 spiro atoms. The van der Waals surface area contributed by atoms with Crippen LogP contribution in [0.2, 0.25) is 10.0 Å². The average Bonchev–Trinajstić information content (AvgIpc) is 2.87. The minimum atomic E-state index is -0.541. The number of aromatic nitrogens is 1. The smallest absolute Gasteiger partial charge is 0.407 e. The lowest BCUT2D eigenvalue weighted by atomic mass is 9.96. The average molecular weight is 564 g/mol. The molecule has 1 aliphatic rings. The second-order valence-electron chi connectivity index (χ2n) is 10.7. The quantitative estimate of drug-likeness (QED) is 0.341. The van der Waals surface area contributed by atoms with Gasteiger partial charge in [0.1, 0.15) is 5.60 Å². The van der Waals surface area contributed by atoms with Crippen molar-refractivity contribution in [1.82, 2.24) is 10.3 Å². The number of alkyl carbamates (subject to hydrolysis) is 1. The highest BCUT2D eigenvalue weighted by Gasteiger charge is 2.26. The van der Waals surface area contributed by atoms with Crippen LogP contribution >= 0.6 is 23.2 Å². The molecule has 0 atom stereocenters. The summed E-state index contributed by atoms with van der Waals surface area (Å²) in [5.41, 5.74) is 5.82. The first-order chi connectivity index (χ1) is 18.5. The molecule has 202 valence electrons. The van der Waals surface area contributed by atoms with Crippen molar-refractivity contribution in [1.29, 1.82) is 5.26 Å². The molecule has 1 aromatic heterocycles. The van der Waals surface area contributed by atoms with Crippen LogP contribution in [0.4, 0.5) is 10.5 Å². The number of benzene rings is 2. The number of pyridine rings is 1. The van der Waals surface area contributed by atoms with Gasteiger partial charge in [-0.05, 0) is 93.6 Å². The Balaban J connectivity index is 1.69. The van der Waals surface area contributed by atoms with E-state index in [4.69, 9.17) is 27.9 Å². The van der Waals surface area contributed by atoms with Crippen LogP contribution in [0.1, 0.15) is 57.2 Å². The van der Waals surface area contributed by atoms with Gasteiger partial charge in [0.25, 0.3) is 0 Å². The lowest BCUT2D eigenvalue weighted by Gasteiger charge is -2.36. The molecule has 39 heavy (non-hydrogen) atoms. The van der Waals surface area contributed by atoms with Crippen LogP contribution < -0.4 is 10.2 Å². The van der Waals surface area contributed by atoms with Gasteiger partial charge in [-0.15, -0.1) is 0 Å². The number of ether oxygens (including phenoxy) is 1. The normalized spacial score (nSPS) is 14.6. The van der Waals surface area contributed by atoms with Gasteiger partial charge in [0.05, 0.1) is 17.3 Å². The molecule has 0 unspecified atom stereocenters. The molecular formula is C31H32Cl2N4O2. The fourth-order valence-electron chi connectivity index (χ4n) is 4.72. The number of allylic oxidation sites excluding steroid dienone is 1. The van der Waals surface area contributed by atoms with Crippen LogP contribution in [0.25, 0.3) is 22.8 Å². The number of halogens is 2. The maximum atomic E-state index is 12.3. The van der Waals surface area contributed by atoms with Gasteiger partial charge in [0, 0.05) is 52.7 Å². The molecule has 0 aliphatic carbocycles. The van der Waals surface area contributed by atoms with Gasteiger partial charge in [-0.3, -0.25) is 4.98 Å². The number of nitrogens with zero attached hydrogens (tertiary/aromatic N) is 3. The summed E-state index contributed by atoms with van der Waals surface area (Å²) in [5.74, 6) is 0. The van der Waals surface area contributed by atoms with Gasteiger partial charge in [0.15, 0.2) is 0 Å². The maximum Gasteiger partial charge on any atom is 0.407 e. The van der Waals surface area contributed by atoms with E-state index in [1.807, 2.05) is 70.4 Å². The predicted octanol–water partition coefficient (Wildman–Crippen LogP) is 7.98. The van der Waals surface area contributed by atoms with Crippen LogP contribution in [0, 0.1) is 11.3 Å². The molecule has 1 amide bonds. The van der Waals surface area contributed by atoms with Crippen LogP contribution in [-0.4, -0.2) is 35.8 Å². The number of carbonyl (C=O) groups excluding carboxylic acids is 1. The van der Waals surface area contributed by atoms with E-state index in [-0.39, 0.29) is 6.04 Å². The number of rotatable bonds is 5. The van der Waals surface area contributed by atoms with Crippen LogP contribution in [-0.2, 0) is 4.74 Å². The van der Waals surface area contributed by atoms with Crippen molar-refractivity contribution in [2.75, 3.05) is 18.0 Å². The molecule has 1 saturated heterocycles. The zero-order valence-corrected chi connectivity index (χ0v) is 24.1. The van der Waals surface area contributed by atoms with Gasteiger partial charge in [-0.25, -0.2) is 4.79 Å². The van der Waals surface area contributed by atoms with Crippen molar-refractivity contribution >= 4 is 46.6 Å². The van der Waals surface area contributed by atoms with Gasteiger partial charge in [-0.2, -0.15) is 5.26 Å². The molecule has 0 bridgehead atoms. The molecular weight excluding hydrogens is 531 g/mol. The predicted molar refractivity (Wildman–Crippen MR) is 159 cm³/mol. The fraction of sp³-hybridized carbons (Fsp3) is 0.323. The second kappa shape index (κ2) is 12.1. The minimum absolute atomic E-state index is 0.0245. The molecule has 1 fully saturated rings. The van der Waals surface area contributed by atoms with E-state index in [9.17, 15) is 10.1 Å².